The fourth-order valence-corrected chi connectivity index (χ4v) is 3.75. The molecule has 1 aliphatic heterocycles. The lowest BCUT2D eigenvalue weighted by Gasteiger charge is -2.19. The molecule has 26 heavy (non-hydrogen) atoms. The zero-order valence-corrected chi connectivity index (χ0v) is 14.7. The minimum atomic E-state index is -0.202. The van der Waals surface area contributed by atoms with Crippen LogP contribution in [0.1, 0.15) is 11.5 Å². The van der Waals surface area contributed by atoms with E-state index >= 15 is 0 Å². The van der Waals surface area contributed by atoms with Gasteiger partial charge in [0.25, 0.3) is 5.56 Å². The van der Waals surface area contributed by atoms with E-state index in [4.69, 9.17) is 11.6 Å². The Hall–Kier alpha value is -2.63. The van der Waals surface area contributed by atoms with Crippen LogP contribution in [0.15, 0.2) is 59.5 Å². The average Bonchev–Trinajstić information content (AvgIpc) is 3.14. The van der Waals surface area contributed by atoms with E-state index in [1.807, 2.05) is 30.3 Å². The Labute approximate surface area is 155 Å². The van der Waals surface area contributed by atoms with Crippen molar-refractivity contribution >= 4 is 34.0 Å². The molecule has 6 heteroatoms. The van der Waals surface area contributed by atoms with Gasteiger partial charge in [0, 0.05) is 30.6 Å². The van der Waals surface area contributed by atoms with Crippen LogP contribution in [0.5, 0.6) is 0 Å². The van der Waals surface area contributed by atoms with Crippen LogP contribution in [0.2, 0.25) is 5.02 Å². The third kappa shape index (κ3) is 3.11. The molecule has 0 spiro atoms. The first-order chi connectivity index (χ1) is 12.6. The van der Waals surface area contributed by atoms with E-state index in [0.717, 1.165) is 17.5 Å². The second kappa shape index (κ2) is 6.94. The summed E-state index contributed by atoms with van der Waals surface area (Å²) in [6.45, 7) is 1.39. The van der Waals surface area contributed by atoms with Crippen LogP contribution in [0.3, 0.4) is 0 Å². The molecule has 2 atom stereocenters. The molecule has 0 saturated carbocycles. The van der Waals surface area contributed by atoms with Crippen molar-refractivity contribution in [1.82, 2.24) is 10.3 Å². The molecule has 3 aromatic rings. The molecule has 0 bridgehead atoms. The molecular formula is C20H18ClN3O2. The van der Waals surface area contributed by atoms with Gasteiger partial charge in [0.15, 0.2) is 0 Å². The van der Waals surface area contributed by atoms with E-state index in [0.29, 0.717) is 22.6 Å². The molecule has 1 fully saturated rings. The Morgan fingerprint density at radius 1 is 1.12 bits per heavy atom. The van der Waals surface area contributed by atoms with E-state index in [-0.39, 0.29) is 23.3 Å². The Morgan fingerprint density at radius 3 is 2.73 bits per heavy atom. The van der Waals surface area contributed by atoms with E-state index < -0.39 is 0 Å². The first kappa shape index (κ1) is 16.8. The van der Waals surface area contributed by atoms with Crippen molar-refractivity contribution in [3.05, 3.63) is 75.7 Å². The van der Waals surface area contributed by atoms with Crippen LogP contribution >= 0.6 is 11.6 Å². The maximum atomic E-state index is 12.9. The van der Waals surface area contributed by atoms with Gasteiger partial charge in [0.05, 0.1) is 16.6 Å². The highest BCUT2D eigenvalue weighted by Crippen LogP contribution is 2.31. The van der Waals surface area contributed by atoms with Gasteiger partial charge in [0.2, 0.25) is 5.91 Å². The highest BCUT2D eigenvalue weighted by Gasteiger charge is 2.34. The van der Waals surface area contributed by atoms with Gasteiger partial charge in [-0.2, -0.15) is 0 Å². The van der Waals surface area contributed by atoms with Gasteiger partial charge in [-0.25, -0.2) is 0 Å². The summed E-state index contributed by atoms with van der Waals surface area (Å²) in [7, 11) is 0. The van der Waals surface area contributed by atoms with Gasteiger partial charge in [-0.1, -0.05) is 41.9 Å². The number of hydrogen-bond donors (Lipinski definition) is 3. The van der Waals surface area contributed by atoms with Gasteiger partial charge in [-0.3, -0.25) is 9.59 Å². The van der Waals surface area contributed by atoms with Gasteiger partial charge in [-0.15, -0.1) is 0 Å². The predicted molar refractivity (Wildman–Crippen MR) is 104 cm³/mol. The van der Waals surface area contributed by atoms with E-state index in [2.05, 4.69) is 15.6 Å². The number of aromatic amines is 1. The molecule has 1 saturated heterocycles. The van der Waals surface area contributed by atoms with Gasteiger partial charge < -0.3 is 15.6 Å². The zero-order valence-electron chi connectivity index (χ0n) is 14.0. The van der Waals surface area contributed by atoms with Crippen molar-refractivity contribution in [3.63, 3.8) is 0 Å². The smallest absolute Gasteiger partial charge is 0.255 e. The van der Waals surface area contributed by atoms with E-state index in [1.54, 1.807) is 24.4 Å². The van der Waals surface area contributed by atoms with Crippen molar-refractivity contribution in [2.75, 3.05) is 18.4 Å². The molecule has 5 nitrogen and oxygen atoms in total. The lowest BCUT2D eigenvalue weighted by Crippen LogP contribution is -2.28. The van der Waals surface area contributed by atoms with Crippen molar-refractivity contribution < 1.29 is 4.79 Å². The normalized spacial score (nSPS) is 19.6. The van der Waals surface area contributed by atoms with Crippen LogP contribution in [0.25, 0.3) is 10.8 Å². The van der Waals surface area contributed by atoms with Crippen LogP contribution in [-0.4, -0.2) is 24.0 Å². The highest BCUT2D eigenvalue weighted by molar-refractivity contribution is 6.34. The second-order valence-electron chi connectivity index (χ2n) is 6.50. The molecule has 1 amide bonds. The van der Waals surface area contributed by atoms with E-state index in [1.165, 1.54) is 0 Å². The molecule has 1 aliphatic rings. The average molecular weight is 368 g/mol. The van der Waals surface area contributed by atoms with E-state index in [9.17, 15) is 9.59 Å². The molecule has 2 aromatic carbocycles. The topological polar surface area (TPSA) is 74.0 Å². The largest absolute Gasteiger partial charge is 0.329 e. The van der Waals surface area contributed by atoms with Crippen molar-refractivity contribution in [3.8, 4) is 0 Å². The monoisotopic (exact) mass is 367 g/mol. The Bertz CT molecular complexity index is 1020. The molecule has 0 unspecified atom stereocenters. The molecule has 0 radical (unpaired) electrons. The quantitative estimate of drug-likeness (QED) is 0.666. The van der Waals surface area contributed by atoms with Crippen LogP contribution < -0.4 is 16.2 Å². The van der Waals surface area contributed by atoms with Gasteiger partial charge in [-0.05, 0) is 29.1 Å². The van der Waals surface area contributed by atoms with Crippen molar-refractivity contribution in [2.24, 2.45) is 5.92 Å². The number of benzene rings is 2. The lowest BCUT2D eigenvalue weighted by atomic mass is 9.88. The molecule has 132 valence electrons. The summed E-state index contributed by atoms with van der Waals surface area (Å²) in [6.07, 6.45) is 1.58. The second-order valence-corrected chi connectivity index (χ2v) is 6.90. The van der Waals surface area contributed by atoms with Crippen LogP contribution in [-0.2, 0) is 4.79 Å². The molecular weight excluding hydrogens is 350 g/mol. The van der Waals surface area contributed by atoms with Crippen LogP contribution in [0.4, 0.5) is 5.69 Å². The summed E-state index contributed by atoms with van der Waals surface area (Å²) >= 11 is 6.30. The van der Waals surface area contributed by atoms with Gasteiger partial charge in [0.1, 0.15) is 0 Å². The maximum Gasteiger partial charge on any atom is 0.255 e. The number of carbonyl (C=O) groups excluding carboxylic acids is 1. The number of H-pyrrole nitrogens is 1. The number of nitrogens with one attached hydrogen (secondary N) is 3. The lowest BCUT2D eigenvalue weighted by molar-refractivity contribution is -0.119. The fourth-order valence-electron chi connectivity index (χ4n) is 3.54. The predicted octanol–water partition coefficient (Wildman–Crippen LogP) is 3.12. The summed E-state index contributed by atoms with van der Waals surface area (Å²) in [5.74, 6) is -0.128. The number of pyridine rings is 1. The molecule has 0 aliphatic carbocycles. The Balaban J connectivity index is 1.61. The summed E-state index contributed by atoms with van der Waals surface area (Å²) in [4.78, 5) is 27.4. The minimum Gasteiger partial charge on any atom is -0.329 e. The number of aromatic nitrogens is 1. The van der Waals surface area contributed by atoms with Gasteiger partial charge >= 0.3 is 0 Å². The third-order valence-electron chi connectivity index (χ3n) is 4.90. The van der Waals surface area contributed by atoms with Crippen molar-refractivity contribution in [2.45, 2.75) is 5.92 Å². The fraction of sp³-hybridized carbons (Fsp3) is 0.200. The standard InChI is InChI=1S/C20H18ClN3O2/c21-17-9-14-13(6-7-23-19(14)25)8-18(17)24-20(26)16-11-22-10-15(16)12-4-2-1-3-5-12/h1-9,15-16,22H,10-11H2,(H,23,25)(H,24,26)/t15-,16+/m1/s1. The summed E-state index contributed by atoms with van der Waals surface area (Å²) in [5.41, 5.74) is 1.47. The first-order valence-corrected chi connectivity index (χ1v) is 8.89. The molecule has 3 N–H and O–H groups in total. The molecule has 4 rings (SSSR count). The number of rotatable bonds is 3. The summed E-state index contributed by atoms with van der Waals surface area (Å²) in [6, 6.07) is 15.2. The highest BCUT2D eigenvalue weighted by atomic mass is 35.5. The first-order valence-electron chi connectivity index (χ1n) is 8.51. The number of carbonyl (C=O) groups is 1. The Morgan fingerprint density at radius 2 is 1.92 bits per heavy atom. The van der Waals surface area contributed by atoms with Crippen LogP contribution in [0, 0.1) is 5.92 Å². The SMILES string of the molecule is O=C(Nc1cc2cc[nH]c(=O)c2cc1Cl)[C@H]1CNC[C@@H]1c1ccccc1. The number of hydrogen-bond acceptors (Lipinski definition) is 3. The summed E-state index contributed by atoms with van der Waals surface area (Å²) in [5, 5.41) is 7.83. The summed E-state index contributed by atoms with van der Waals surface area (Å²) < 4.78 is 0. The number of anilines is 1. The zero-order chi connectivity index (χ0) is 18.1. The molecule has 1 aromatic heterocycles. The maximum absolute atomic E-state index is 12.9. The molecule has 2 heterocycles. The Kier molecular flexibility index (Phi) is 4.49. The minimum absolute atomic E-state index is 0.0741. The number of halogens is 1. The number of amides is 1. The third-order valence-corrected chi connectivity index (χ3v) is 5.21. The van der Waals surface area contributed by atoms with Crippen molar-refractivity contribution in [1.29, 1.82) is 0 Å². The number of fused-ring (bicyclic) bond motifs is 1.